The van der Waals surface area contributed by atoms with Crippen molar-refractivity contribution in [3.8, 4) is 17.6 Å². The van der Waals surface area contributed by atoms with E-state index in [1.807, 2.05) is 19.1 Å². The maximum atomic E-state index is 5.96. The lowest BCUT2D eigenvalue weighted by Gasteiger charge is -2.17. The van der Waals surface area contributed by atoms with E-state index in [9.17, 15) is 0 Å². The molecule has 21 heavy (non-hydrogen) atoms. The highest BCUT2D eigenvalue weighted by atomic mass is 16.6. The Morgan fingerprint density at radius 2 is 2.24 bits per heavy atom. The average Bonchev–Trinajstić information content (AvgIpc) is 2.99. The zero-order valence-electron chi connectivity index (χ0n) is 12.6. The average molecular weight is 288 g/mol. The van der Waals surface area contributed by atoms with E-state index in [0.717, 1.165) is 30.0 Å². The van der Waals surface area contributed by atoms with Crippen LogP contribution < -0.4 is 14.8 Å². The van der Waals surface area contributed by atoms with Gasteiger partial charge in [-0.15, -0.1) is 0 Å². The molecule has 1 aliphatic rings. The number of fused-ring (bicyclic) bond motifs is 1. The number of hydrogen-bond donors (Lipinski definition) is 1. The first-order valence-electron chi connectivity index (χ1n) is 7.21. The number of oxazole rings is 1. The third kappa shape index (κ3) is 3.03. The Balaban J connectivity index is 1.77. The Kier molecular flexibility index (Phi) is 3.59. The fourth-order valence-electron chi connectivity index (χ4n) is 2.43. The Labute approximate surface area is 124 Å². The van der Waals surface area contributed by atoms with Gasteiger partial charge < -0.3 is 19.2 Å². The SMILES string of the molecule is CCNCc1coc(Oc2cccc3c2OC(C)(C)C3)n1. The van der Waals surface area contributed by atoms with Crippen molar-refractivity contribution in [1.82, 2.24) is 10.3 Å². The number of hydrogen-bond acceptors (Lipinski definition) is 5. The van der Waals surface area contributed by atoms with Gasteiger partial charge in [-0.25, -0.2) is 0 Å². The van der Waals surface area contributed by atoms with Crippen LogP contribution in [0.15, 0.2) is 28.9 Å². The van der Waals surface area contributed by atoms with Crippen molar-refractivity contribution in [2.45, 2.75) is 39.3 Å². The molecule has 0 amide bonds. The predicted octanol–water partition coefficient (Wildman–Crippen LogP) is 3.29. The molecule has 112 valence electrons. The van der Waals surface area contributed by atoms with Crippen LogP contribution in [0.5, 0.6) is 17.6 Å². The molecule has 0 radical (unpaired) electrons. The molecule has 0 unspecified atom stereocenters. The van der Waals surface area contributed by atoms with Crippen LogP contribution in [0.4, 0.5) is 0 Å². The monoisotopic (exact) mass is 288 g/mol. The topological polar surface area (TPSA) is 56.5 Å². The van der Waals surface area contributed by atoms with E-state index in [2.05, 4.69) is 30.2 Å². The molecule has 0 bridgehead atoms. The van der Waals surface area contributed by atoms with Crippen molar-refractivity contribution in [2.24, 2.45) is 0 Å². The summed E-state index contributed by atoms with van der Waals surface area (Å²) in [6.45, 7) is 7.73. The molecular formula is C16H20N2O3. The molecule has 5 nitrogen and oxygen atoms in total. The minimum absolute atomic E-state index is 0.200. The molecule has 1 aliphatic heterocycles. The molecule has 5 heteroatoms. The molecular weight excluding hydrogens is 268 g/mol. The Hall–Kier alpha value is -2.01. The van der Waals surface area contributed by atoms with Gasteiger partial charge in [-0.05, 0) is 26.5 Å². The summed E-state index contributed by atoms with van der Waals surface area (Å²) < 4.78 is 17.1. The molecule has 1 aromatic carbocycles. The maximum Gasteiger partial charge on any atom is 0.399 e. The van der Waals surface area contributed by atoms with Gasteiger partial charge in [0.2, 0.25) is 0 Å². The van der Waals surface area contributed by atoms with Crippen molar-refractivity contribution in [1.29, 1.82) is 0 Å². The molecule has 1 aromatic heterocycles. The van der Waals surface area contributed by atoms with Crippen molar-refractivity contribution >= 4 is 0 Å². The van der Waals surface area contributed by atoms with Crippen LogP contribution in [0.1, 0.15) is 32.0 Å². The van der Waals surface area contributed by atoms with E-state index in [-0.39, 0.29) is 11.7 Å². The van der Waals surface area contributed by atoms with Crippen LogP contribution >= 0.6 is 0 Å². The summed E-state index contributed by atoms with van der Waals surface area (Å²) in [5, 5.41) is 3.19. The molecule has 0 spiro atoms. The van der Waals surface area contributed by atoms with Gasteiger partial charge in [0.15, 0.2) is 11.5 Å². The largest absolute Gasteiger partial charge is 0.483 e. The summed E-state index contributed by atoms with van der Waals surface area (Å²) in [5.41, 5.74) is 1.77. The Morgan fingerprint density at radius 3 is 3.05 bits per heavy atom. The molecule has 0 fully saturated rings. The van der Waals surface area contributed by atoms with Crippen LogP contribution in [0.3, 0.4) is 0 Å². The second-order valence-electron chi connectivity index (χ2n) is 5.77. The number of aromatic nitrogens is 1. The van der Waals surface area contributed by atoms with Gasteiger partial charge >= 0.3 is 6.08 Å². The fraction of sp³-hybridized carbons (Fsp3) is 0.438. The minimum atomic E-state index is -0.200. The molecule has 0 atom stereocenters. The van der Waals surface area contributed by atoms with Gasteiger partial charge in [-0.2, -0.15) is 4.98 Å². The van der Waals surface area contributed by atoms with Gasteiger partial charge in [0.25, 0.3) is 0 Å². The smallest absolute Gasteiger partial charge is 0.399 e. The Bertz CT molecular complexity index is 634. The molecule has 0 aliphatic carbocycles. The summed E-state index contributed by atoms with van der Waals surface area (Å²) >= 11 is 0. The van der Waals surface area contributed by atoms with Crippen molar-refractivity contribution in [2.75, 3.05) is 6.54 Å². The van der Waals surface area contributed by atoms with E-state index < -0.39 is 0 Å². The van der Waals surface area contributed by atoms with Crippen LogP contribution in [0.25, 0.3) is 0 Å². The lowest BCUT2D eigenvalue weighted by atomic mass is 10.0. The number of para-hydroxylation sites is 1. The van der Waals surface area contributed by atoms with Crippen molar-refractivity contribution < 1.29 is 13.9 Å². The van der Waals surface area contributed by atoms with E-state index in [1.165, 1.54) is 0 Å². The van der Waals surface area contributed by atoms with Crippen LogP contribution in [0, 0.1) is 0 Å². The number of benzene rings is 1. The predicted molar refractivity (Wildman–Crippen MR) is 78.8 cm³/mol. The molecule has 1 N–H and O–H groups in total. The molecule has 2 aromatic rings. The molecule has 2 heterocycles. The van der Waals surface area contributed by atoms with Gasteiger partial charge in [0.05, 0.1) is 5.69 Å². The first-order valence-corrected chi connectivity index (χ1v) is 7.21. The normalized spacial score (nSPS) is 15.6. The number of rotatable bonds is 5. The van der Waals surface area contributed by atoms with Crippen molar-refractivity contribution in [3.63, 3.8) is 0 Å². The van der Waals surface area contributed by atoms with Crippen LogP contribution in [-0.4, -0.2) is 17.1 Å². The third-order valence-corrected chi connectivity index (χ3v) is 3.34. The third-order valence-electron chi connectivity index (χ3n) is 3.34. The first kappa shape index (κ1) is 13.9. The summed E-state index contributed by atoms with van der Waals surface area (Å²) in [6.07, 6.45) is 2.72. The van der Waals surface area contributed by atoms with Gasteiger partial charge in [0, 0.05) is 18.5 Å². The highest BCUT2D eigenvalue weighted by Gasteiger charge is 2.32. The van der Waals surface area contributed by atoms with E-state index in [1.54, 1.807) is 6.26 Å². The van der Waals surface area contributed by atoms with E-state index in [0.29, 0.717) is 12.3 Å². The second-order valence-corrected chi connectivity index (χ2v) is 5.77. The molecule has 3 rings (SSSR count). The standard InChI is InChI=1S/C16H20N2O3/c1-4-17-9-12-10-19-15(18-12)20-13-7-5-6-11-8-16(2,3)21-14(11)13/h5-7,10,17H,4,8-9H2,1-3H3. The van der Waals surface area contributed by atoms with Gasteiger partial charge in [-0.1, -0.05) is 19.1 Å². The highest BCUT2D eigenvalue weighted by molar-refractivity contribution is 5.50. The highest BCUT2D eigenvalue weighted by Crippen LogP contribution is 2.43. The first-order chi connectivity index (χ1) is 10.1. The number of ether oxygens (including phenoxy) is 2. The van der Waals surface area contributed by atoms with Crippen LogP contribution in [-0.2, 0) is 13.0 Å². The quantitative estimate of drug-likeness (QED) is 0.915. The van der Waals surface area contributed by atoms with E-state index in [4.69, 9.17) is 13.9 Å². The zero-order valence-corrected chi connectivity index (χ0v) is 12.6. The second kappa shape index (κ2) is 5.41. The maximum absolute atomic E-state index is 5.96. The summed E-state index contributed by atoms with van der Waals surface area (Å²) in [5.74, 6) is 1.43. The van der Waals surface area contributed by atoms with E-state index >= 15 is 0 Å². The fourth-order valence-corrected chi connectivity index (χ4v) is 2.43. The molecule has 0 saturated carbocycles. The van der Waals surface area contributed by atoms with Crippen molar-refractivity contribution in [3.05, 3.63) is 35.7 Å². The molecule has 0 saturated heterocycles. The lowest BCUT2D eigenvalue weighted by molar-refractivity contribution is 0.133. The van der Waals surface area contributed by atoms with Crippen LogP contribution in [0.2, 0.25) is 0 Å². The number of nitrogens with one attached hydrogen (secondary N) is 1. The summed E-state index contributed by atoms with van der Waals surface area (Å²) in [6, 6.07) is 5.89. The zero-order chi connectivity index (χ0) is 14.9. The van der Waals surface area contributed by atoms with Gasteiger partial charge in [-0.3, -0.25) is 0 Å². The summed E-state index contributed by atoms with van der Waals surface area (Å²) in [7, 11) is 0. The lowest BCUT2D eigenvalue weighted by Crippen LogP contribution is -2.24. The minimum Gasteiger partial charge on any atom is -0.483 e. The van der Waals surface area contributed by atoms with Gasteiger partial charge in [0.1, 0.15) is 11.9 Å². The Morgan fingerprint density at radius 1 is 1.38 bits per heavy atom. The number of nitrogens with zero attached hydrogens (tertiary/aromatic N) is 1. The summed E-state index contributed by atoms with van der Waals surface area (Å²) in [4.78, 5) is 4.30.